The number of likely N-dealkylation sites (N-methyl/N-ethyl adjacent to an activating group) is 2. The first-order valence-corrected chi connectivity index (χ1v) is 9.57. The van der Waals surface area contributed by atoms with E-state index in [1.54, 1.807) is 42.1 Å². The number of nitrogens with zero attached hydrogens (tertiary/aromatic N) is 2. The first kappa shape index (κ1) is 20.7. The van der Waals surface area contributed by atoms with Gasteiger partial charge in [-0.25, -0.2) is 0 Å². The number of hydrogen-bond acceptors (Lipinski definition) is 3. The van der Waals surface area contributed by atoms with Crippen molar-refractivity contribution in [2.45, 2.75) is 39.2 Å². The minimum Gasteiger partial charge on any atom is -0.378 e. The van der Waals surface area contributed by atoms with Crippen LogP contribution < -0.4 is 0 Å². The van der Waals surface area contributed by atoms with Gasteiger partial charge in [-0.2, -0.15) is 0 Å². The Hall–Kier alpha value is -1.59. The maximum absolute atomic E-state index is 12.6. The zero-order chi connectivity index (χ0) is 19.3. The van der Waals surface area contributed by atoms with Crippen molar-refractivity contribution in [3.8, 4) is 0 Å². The highest BCUT2D eigenvalue weighted by Gasteiger charge is 2.31. The molecular weight excluding hydrogens is 352 g/mol. The summed E-state index contributed by atoms with van der Waals surface area (Å²) in [7, 11) is 3.55. The van der Waals surface area contributed by atoms with E-state index in [0.717, 1.165) is 25.0 Å². The lowest BCUT2D eigenvalue weighted by atomic mass is 9.80. The summed E-state index contributed by atoms with van der Waals surface area (Å²) in [6.45, 7) is 5.57. The van der Waals surface area contributed by atoms with Crippen LogP contribution in [0.25, 0.3) is 0 Å². The molecule has 0 heterocycles. The van der Waals surface area contributed by atoms with E-state index in [2.05, 4.69) is 0 Å². The second-order valence-corrected chi connectivity index (χ2v) is 7.48. The Kier molecular flexibility index (Phi) is 7.47. The largest absolute Gasteiger partial charge is 0.378 e. The summed E-state index contributed by atoms with van der Waals surface area (Å²) in [5, 5.41) is 0.586. The third-order valence-electron chi connectivity index (χ3n) is 5.10. The van der Waals surface area contributed by atoms with Crippen molar-refractivity contribution >= 4 is 23.4 Å². The molecule has 2 rings (SSSR count). The molecule has 1 saturated carbocycles. The molecule has 0 N–H and O–H groups in total. The van der Waals surface area contributed by atoms with Crippen molar-refractivity contribution in [3.63, 3.8) is 0 Å². The maximum Gasteiger partial charge on any atom is 0.253 e. The van der Waals surface area contributed by atoms with Gasteiger partial charge in [0, 0.05) is 50.8 Å². The van der Waals surface area contributed by atoms with Crippen LogP contribution in [0.2, 0.25) is 5.02 Å². The Morgan fingerprint density at radius 3 is 2.50 bits per heavy atom. The first-order chi connectivity index (χ1) is 12.3. The second kappa shape index (κ2) is 9.38. The van der Waals surface area contributed by atoms with Gasteiger partial charge in [-0.05, 0) is 50.3 Å². The Morgan fingerprint density at radius 1 is 1.19 bits per heavy atom. The molecule has 26 heavy (non-hydrogen) atoms. The number of hydrogen-bond donors (Lipinski definition) is 0. The zero-order valence-corrected chi connectivity index (χ0v) is 16.9. The van der Waals surface area contributed by atoms with Crippen LogP contribution in [0.15, 0.2) is 18.2 Å². The van der Waals surface area contributed by atoms with Crippen molar-refractivity contribution < 1.29 is 14.3 Å². The lowest BCUT2D eigenvalue weighted by molar-refractivity contribution is -0.133. The van der Waals surface area contributed by atoms with Crippen molar-refractivity contribution in [3.05, 3.63) is 34.3 Å². The third-order valence-corrected chi connectivity index (χ3v) is 5.51. The number of amides is 2. The molecule has 1 aromatic rings. The van der Waals surface area contributed by atoms with Crippen LogP contribution in [0, 0.1) is 12.8 Å². The highest BCUT2D eigenvalue weighted by molar-refractivity contribution is 6.31. The Bertz CT molecular complexity index is 644. The van der Waals surface area contributed by atoms with Gasteiger partial charge >= 0.3 is 0 Å². The minimum absolute atomic E-state index is 0.0793. The lowest BCUT2D eigenvalue weighted by Gasteiger charge is -2.35. The van der Waals surface area contributed by atoms with Crippen LogP contribution in [0.5, 0.6) is 0 Å². The van der Waals surface area contributed by atoms with E-state index in [9.17, 15) is 9.59 Å². The molecule has 1 aliphatic rings. The molecule has 1 aromatic carbocycles. The molecule has 2 amide bonds. The SMILES string of the molecule is CCOC1CC(CC(=O)N(C)CCN(C)C(=O)c2cccc(Cl)c2C)C1. The van der Waals surface area contributed by atoms with Crippen LogP contribution in [-0.2, 0) is 9.53 Å². The quantitative estimate of drug-likeness (QED) is 0.694. The average molecular weight is 381 g/mol. The predicted molar refractivity (Wildman–Crippen MR) is 104 cm³/mol. The van der Waals surface area contributed by atoms with E-state index in [1.807, 2.05) is 13.8 Å². The van der Waals surface area contributed by atoms with Gasteiger partial charge in [0.15, 0.2) is 0 Å². The molecule has 0 saturated heterocycles. The van der Waals surface area contributed by atoms with Gasteiger partial charge in [0.2, 0.25) is 5.91 Å². The first-order valence-electron chi connectivity index (χ1n) is 9.19. The molecule has 0 atom stereocenters. The second-order valence-electron chi connectivity index (χ2n) is 7.07. The smallest absolute Gasteiger partial charge is 0.253 e. The number of halogens is 1. The van der Waals surface area contributed by atoms with Crippen molar-refractivity contribution in [1.29, 1.82) is 0 Å². The fourth-order valence-electron chi connectivity index (χ4n) is 3.19. The fourth-order valence-corrected chi connectivity index (χ4v) is 3.36. The van der Waals surface area contributed by atoms with Crippen LogP contribution in [0.3, 0.4) is 0 Å². The van der Waals surface area contributed by atoms with Crippen LogP contribution in [-0.4, -0.2) is 61.5 Å². The molecule has 0 spiro atoms. The topological polar surface area (TPSA) is 49.9 Å². The normalized spacial score (nSPS) is 19.0. The molecule has 5 nitrogen and oxygen atoms in total. The number of rotatable bonds is 8. The highest BCUT2D eigenvalue weighted by Crippen LogP contribution is 2.33. The van der Waals surface area contributed by atoms with Crippen molar-refractivity contribution in [2.75, 3.05) is 33.8 Å². The van der Waals surface area contributed by atoms with Gasteiger partial charge in [0.1, 0.15) is 0 Å². The molecule has 0 bridgehead atoms. The summed E-state index contributed by atoms with van der Waals surface area (Å²) in [6, 6.07) is 5.33. The van der Waals surface area contributed by atoms with Crippen molar-refractivity contribution in [2.24, 2.45) is 5.92 Å². The standard InChI is InChI=1S/C20H29ClN2O3/c1-5-26-16-11-15(12-16)13-19(24)22(3)9-10-23(4)20(25)17-7-6-8-18(21)14(17)2/h6-8,15-16H,5,9-13H2,1-4H3. The Morgan fingerprint density at radius 2 is 1.85 bits per heavy atom. The average Bonchev–Trinajstić information content (AvgIpc) is 2.59. The summed E-state index contributed by atoms with van der Waals surface area (Å²) in [6.07, 6.45) is 2.83. The van der Waals surface area contributed by atoms with Gasteiger partial charge in [-0.15, -0.1) is 0 Å². The van der Waals surface area contributed by atoms with E-state index >= 15 is 0 Å². The highest BCUT2D eigenvalue weighted by atomic mass is 35.5. The predicted octanol–water partition coefficient (Wildman–Crippen LogP) is 3.38. The number of carbonyl (C=O) groups excluding carboxylic acids is 2. The fraction of sp³-hybridized carbons (Fsp3) is 0.600. The van der Waals surface area contributed by atoms with Crippen molar-refractivity contribution in [1.82, 2.24) is 9.80 Å². The van der Waals surface area contributed by atoms with Crippen LogP contribution in [0.4, 0.5) is 0 Å². The van der Waals surface area contributed by atoms with E-state index < -0.39 is 0 Å². The van der Waals surface area contributed by atoms with Gasteiger partial charge in [-0.1, -0.05) is 17.7 Å². The van der Waals surface area contributed by atoms with E-state index in [-0.39, 0.29) is 11.8 Å². The number of benzene rings is 1. The molecular formula is C20H29ClN2O3. The summed E-state index contributed by atoms with van der Waals surface area (Å²) in [5.74, 6) is 0.476. The monoisotopic (exact) mass is 380 g/mol. The molecule has 0 aliphatic heterocycles. The molecule has 6 heteroatoms. The molecule has 144 valence electrons. The van der Waals surface area contributed by atoms with Gasteiger partial charge < -0.3 is 14.5 Å². The number of carbonyl (C=O) groups is 2. The molecule has 0 radical (unpaired) electrons. The maximum atomic E-state index is 12.6. The van der Waals surface area contributed by atoms with Crippen LogP contribution in [0.1, 0.15) is 42.1 Å². The summed E-state index contributed by atoms with van der Waals surface area (Å²) >= 11 is 6.10. The third kappa shape index (κ3) is 5.21. The summed E-state index contributed by atoms with van der Waals surface area (Å²) in [4.78, 5) is 28.3. The molecule has 0 aromatic heterocycles. The zero-order valence-electron chi connectivity index (χ0n) is 16.1. The molecule has 1 fully saturated rings. The van der Waals surface area contributed by atoms with Gasteiger partial charge in [0.05, 0.1) is 6.10 Å². The minimum atomic E-state index is -0.0793. The lowest BCUT2D eigenvalue weighted by Crippen LogP contribution is -2.40. The number of ether oxygens (including phenoxy) is 1. The summed E-state index contributed by atoms with van der Waals surface area (Å²) < 4.78 is 5.54. The Balaban J connectivity index is 1.77. The van der Waals surface area contributed by atoms with E-state index in [0.29, 0.717) is 42.1 Å². The van der Waals surface area contributed by atoms with E-state index in [1.165, 1.54) is 0 Å². The van der Waals surface area contributed by atoms with Gasteiger partial charge in [-0.3, -0.25) is 9.59 Å². The Labute approximate surface area is 161 Å². The molecule has 0 unspecified atom stereocenters. The summed E-state index contributed by atoms with van der Waals surface area (Å²) in [5.41, 5.74) is 1.38. The molecule has 1 aliphatic carbocycles. The van der Waals surface area contributed by atoms with Gasteiger partial charge in [0.25, 0.3) is 5.91 Å². The van der Waals surface area contributed by atoms with Crippen LogP contribution >= 0.6 is 11.6 Å². The van der Waals surface area contributed by atoms with E-state index in [4.69, 9.17) is 16.3 Å².